The van der Waals surface area contributed by atoms with Crippen LogP contribution >= 0.6 is 0 Å². The van der Waals surface area contributed by atoms with E-state index in [2.05, 4.69) is 0 Å². The van der Waals surface area contributed by atoms with Gasteiger partial charge in [0.1, 0.15) is 30.2 Å². The van der Waals surface area contributed by atoms with E-state index in [0.29, 0.717) is 24.8 Å². The molecule has 0 aromatic carbocycles. The summed E-state index contributed by atoms with van der Waals surface area (Å²) in [4.78, 5) is 63.9. The Bertz CT molecular complexity index is 976. The Labute approximate surface area is 191 Å². The highest BCUT2D eigenvalue weighted by atomic mass is 16.6. The Balaban J connectivity index is 1.88. The number of ketones is 2. The lowest BCUT2D eigenvalue weighted by molar-refractivity contribution is -0.205. The zero-order valence-corrected chi connectivity index (χ0v) is 19.0. The minimum absolute atomic E-state index is 0.204. The number of carbonyl (C=O) groups excluding carboxylic acids is 5. The van der Waals surface area contributed by atoms with Gasteiger partial charge in [-0.25, -0.2) is 0 Å². The normalized spacial score (nSPS) is 37.2. The first kappa shape index (κ1) is 23.4. The van der Waals surface area contributed by atoms with E-state index in [4.69, 9.17) is 18.6 Å². The van der Waals surface area contributed by atoms with Gasteiger partial charge in [0.25, 0.3) is 0 Å². The minimum atomic E-state index is -1.40. The average Bonchev–Trinajstić information content (AvgIpc) is 3.32. The third-order valence-electron chi connectivity index (χ3n) is 7.95. The molecule has 1 aliphatic heterocycles. The SMILES string of the molecule is CC(=O)OC[C@@]12C(=O)[C@@H](OC(C)=O)[C@@H](C)[C@](C=O)(CC(=O)c3ccoc3)[C@H]1CCC[C@]21CO1. The highest BCUT2D eigenvalue weighted by molar-refractivity contribution is 6.00. The largest absolute Gasteiger partial charge is 0.472 e. The molecule has 6 atom stereocenters. The Morgan fingerprint density at radius 1 is 1.24 bits per heavy atom. The van der Waals surface area contributed by atoms with E-state index in [1.165, 1.54) is 32.4 Å². The Morgan fingerprint density at radius 3 is 2.52 bits per heavy atom. The molecule has 3 aliphatic rings. The summed E-state index contributed by atoms with van der Waals surface area (Å²) in [6, 6.07) is 1.52. The van der Waals surface area contributed by atoms with Crippen LogP contribution < -0.4 is 0 Å². The molecule has 0 radical (unpaired) electrons. The number of hydrogen-bond donors (Lipinski definition) is 0. The lowest BCUT2D eigenvalue weighted by atomic mass is 9.42. The fourth-order valence-corrected chi connectivity index (χ4v) is 6.24. The molecule has 4 rings (SSSR count). The number of fused-ring (bicyclic) bond motifs is 2. The molecular weight excluding hydrogens is 432 g/mol. The van der Waals surface area contributed by atoms with E-state index in [9.17, 15) is 24.0 Å². The fraction of sp³-hybridized carbons (Fsp3) is 0.625. The zero-order valence-electron chi connectivity index (χ0n) is 19.0. The Hall–Kier alpha value is -2.81. The summed E-state index contributed by atoms with van der Waals surface area (Å²) in [5, 5.41) is 0. The Morgan fingerprint density at radius 2 is 1.97 bits per heavy atom. The summed E-state index contributed by atoms with van der Waals surface area (Å²) in [6.45, 7) is 4.06. The van der Waals surface area contributed by atoms with Gasteiger partial charge in [0.2, 0.25) is 0 Å². The van der Waals surface area contributed by atoms with Crippen LogP contribution in [0.15, 0.2) is 23.0 Å². The summed E-state index contributed by atoms with van der Waals surface area (Å²) >= 11 is 0. The van der Waals surface area contributed by atoms with E-state index in [0.717, 1.165) is 6.29 Å². The smallest absolute Gasteiger partial charge is 0.303 e. The highest BCUT2D eigenvalue weighted by Gasteiger charge is 2.78. The maximum absolute atomic E-state index is 14.0. The number of Topliss-reactive ketones (excluding diaryl/α,β-unsaturated/α-hetero) is 2. The van der Waals surface area contributed by atoms with E-state index in [1.54, 1.807) is 6.92 Å². The van der Waals surface area contributed by atoms with Crippen LogP contribution in [0.5, 0.6) is 0 Å². The first-order chi connectivity index (χ1) is 15.6. The van der Waals surface area contributed by atoms with Crippen LogP contribution in [0.3, 0.4) is 0 Å². The molecule has 9 heteroatoms. The van der Waals surface area contributed by atoms with Crippen molar-refractivity contribution in [3.8, 4) is 0 Å². The molecule has 0 unspecified atom stereocenters. The second kappa shape index (κ2) is 8.20. The summed E-state index contributed by atoms with van der Waals surface area (Å²) < 4.78 is 21.8. The molecule has 178 valence electrons. The van der Waals surface area contributed by atoms with Gasteiger partial charge in [-0.3, -0.25) is 19.2 Å². The molecule has 1 spiro atoms. The molecule has 1 aromatic heterocycles. The van der Waals surface area contributed by atoms with Crippen molar-refractivity contribution in [1.82, 2.24) is 0 Å². The van der Waals surface area contributed by atoms with Crippen molar-refractivity contribution in [3.63, 3.8) is 0 Å². The summed E-state index contributed by atoms with van der Waals surface area (Å²) in [5.74, 6) is -3.40. The van der Waals surface area contributed by atoms with Crippen molar-refractivity contribution in [1.29, 1.82) is 0 Å². The molecule has 2 saturated carbocycles. The number of hydrogen-bond acceptors (Lipinski definition) is 9. The first-order valence-electron chi connectivity index (χ1n) is 11.1. The molecule has 1 saturated heterocycles. The third-order valence-corrected chi connectivity index (χ3v) is 7.95. The second-order valence-electron chi connectivity index (χ2n) is 9.50. The molecule has 33 heavy (non-hydrogen) atoms. The maximum Gasteiger partial charge on any atom is 0.303 e. The Kier molecular flexibility index (Phi) is 5.80. The number of furan rings is 1. The van der Waals surface area contributed by atoms with Crippen molar-refractivity contribution in [2.24, 2.45) is 22.7 Å². The van der Waals surface area contributed by atoms with E-state index in [-0.39, 0.29) is 25.4 Å². The number of epoxide rings is 1. The summed E-state index contributed by atoms with van der Waals surface area (Å²) in [5.41, 5.74) is -3.36. The van der Waals surface area contributed by atoms with Gasteiger partial charge in [-0.05, 0) is 24.8 Å². The van der Waals surface area contributed by atoms with Crippen LogP contribution in [0, 0.1) is 22.7 Å². The minimum Gasteiger partial charge on any atom is -0.472 e. The number of esters is 2. The molecule has 2 heterocycles. The van der Waals surface area contributed by atoms with Gasteiger partial charge in [0.15, 0.2) is 17.7 Å². The topological polar surface area (TPSA) is 129 Å². The van der Waals surface area contributed by atoms with Crippen LogP contribution in [0.25, 0.3) is 0 Å². The highest BCUT2D eigenvalue weighted by Crippen LogP contribution is 2.67. The predicted molar refractivity (Wildman–Crippen MR) is 111 cm³/mol. The van der Waals surface area contributed by atoms with Gasteiger partial charge in [0.05, 0.1) is 18.4 Å². The maximum atomic E-state index is 14.0. The van der Waals surface area contributed by atoms with Gasteiger partial charge in [-0.1, -0.05) is 13.3 Å². The van der Waals surface area contributed by atoms with Crippen molar-refractivity contribution in [3.05, 3.63) is 24.2 Å². The average molecular weight is 460 g/mol. The molecule has 9 nitrogen and oxygen atoms in total. The van der Waals surface area contributed by atoms with Crippen molar-refractivity contribution in [2.45, 2.75) is 58.2 Å². The van der Waals surface area contributed by atoms with Gasteiger partial charge >= 0.3 is 11.9 Å². The summed E-state index contributed by atoms with van der Waals surface area (Å²) in [6.07, 6.45) is 3.61. The number of carbonyl (C=O) groups is 5. The monoisotopic (exact) mass is 460 g/mol. The van der Waals surface area contributed by atoms with Crippen molar-refractivity contribution in [2.75, 3.05) is 13.2 Å². The number of rotatable bonds is 7. The van der Waals surface area contributed by atoms with Gasteiger partial charge < -0.3 is 23.4 Å². The second-order valence-corrected chi connectivity index (χ2v) is 9.50. The van der Waals surface area contributed by atoms with Gasteiger partial charge in [0, 0.05) is 31.6 Å². The third kappa shape index (κ3) is 3.44. The first-order valence-corrected chi connectivity index (χ1v) is 11.1. The lowest BCUT2D eigenvalue weighted by Crippen LogP contribution is -2.70. The van der Waals surface area contributed by atoms with E-state index >= 15 is 0 Å². The van der Waals surface area contributed by atoms with Crippen molar-refractivity contribution >= 4 is 29.8 Å². The fourth-order valence-electron chi connectivity index (χ4n) is 6.24. The molecule has 0 amide bonds. The van der Waals surface area contributed by atoms with Gasteiger partial charge in [-0.2, -0.15) is 0 Å². The standard InChI is InChI=1S/C24H28O9/c1-14-20(33-16(3)27)21(29)24(13-31-15(2)26)19(5-4-7-23(24)12-32-23)22(14,11-25)9-18(28)17-6-8-30-10-17/h6,8,10-11,14,19-20H,4-5,7,9,12-13H2,1-3H3/t14-,19-,20+,22-,23+,24+/m1/s1. The van der Waals surface area contributed by atoms with Gasteiger partial charge in [-0.15, -0.1) is 0 Å². The van der Waals surface area contributed by atoms with E-state index < -0.39 is 52.1 Å². The van der Waals surface area contributed by atoms with Crippen LogP contribution in [0.4, 0.5) is 0 Å². The molecule has 3 fully saturated rings. The molecule has 0 bridgehead atoms. The van der Waals surface area contributed by atoms with Crippen LogP contribution in [-0.4, -0.2) is 54.7 Å². The van der Waals surface area contributed by atoms with Crippen molar-refractivity contribution < 1.29 is 42.6 Å². The number of ether oxygens (including phenoxy) is 3. The van der Waals surface area contributed by atoms with Crippen LogP contribution in [0.2, 0.25) is 0 Å². The quantitative estimate of drug-likeness (QED) is 0.260. The van der Waals surface area contributed by atoms with E-state index in [1.807, 2.05) is 0 Å². The lowest BCUT2D eigenvalue weighted by Gasteiger charge is -2.59. The molecule has 0 N–H and O–H groups in total. The number of aldehydes is 1. The zero-order chi connectivity index (χ0) is 24.0. The predicted octanol–water partition coefficient (Wildman–Crippen LogP) is 2.31. The molecular formula is C24H28O9. The summed E-state index contributed by atoms with van der Waals surface area (Å²) in [7, 11) is 0. The molecule has 2 aliphatic carbocycles. The van der Waals surface area contributed by atoms with Crippen LogP contribution in [-0.2, 0) is 33.4 Å². The van der Waals surface area contributed by atoms with Crippen LogP contribution in [0.1, 0.15) is 56.8 Å². The molecule has 1 aromatic rings.